The summed E-state index contributed by atoms with van der Waals surface area (Å²) in [6.45, 7) is 0.811. The van der Waals surface area contributed by atoms with Crippen LogP contribution in [0.5, 0.6) is 0 Å². The molecule has 1 aliphatic carbocycles. The molecule has 0 unspecified atom stereocenters. The third kappa shape index (κ3) is 3.59. The normalized spacial score (nSPS) is 19.3. The zero-order valence-electron chi connectivity index (χ0n) is 10.2. The molecule has 0 aromatic carbocycles. The second kappa shape index (κ2) is 5.99. The van der Waals surface area contributed by atoms with E-state index in [1.165, 1.54) is 44.9 Å². The molecule has 1 N–H and O–H groups in total. The molecule has 0 aliphatic heterocycles. The number of nitrogens with one attached hydrogen (secondary N) is 1. The summed E-state index contributed by atoms with van der Waals surface area (Å²) in [7, 11) is 1.91. The van der Waals surface area contributed by atoms with Crippen LogP contribution in [0.4, 0.5) is 0 Å². The molecule has 1 saturated carbocycles. The fourth-order valence-electron chi connectivity index (χ4n) is 2.36. The van der Waals surface area contributed by atoms with Gasteiger partial charge in [0.25, 0.3) is 0 Å². The molecular weight excluding hydrogens is 200 g/mol. The van der Waals surface area contributed by atoms with Crippen LogP contribution in [0.2, 0.25) is 0 Å². The van der Waals surface area contributed by atoms with E-state index in [0.717, 1.165) is 12.4 Å². The second-order valence-electron chi connectivity index (χ2n) is 4.76. The Morgan fingerprint density at radius 3 is 2.56 bits per heavy atom. The van der Waals surface area contributed by atoms with Gasteiger partial charge in [-0.15, -0.1) is 0 Å². The summed E-state index contributed by atoms with van der Waals surface area (Å²) in [4.78, 5) is 4.23. The van der Waals surface area contributed by atoms with Crippen molar-refractivity contribution in [2.75, 3.05) is 0 Å². The smallest absolute Gasteiger partial charge is 0.164 e. The summed E-state index contributed by atoms with van der Waals surface area (Å²) in [6.07, 6.45) is 11.4. The van der Waals surface area contributed by atoms with Crippen LogP contribution in [-0.4, -0.2) is 20.8 Å². The maximum Gasteiger partial charge on any atom is 0.164 e. The fourth-order valence-corrected chi connectivity index (χ4v) is 2.36. The Labute approximate surface area is 97.5 Å². The van der Waals surface area contributed by atoms with Gasteiger partial charge in [0.15, 0.2) is 5.82 Å². The largest absolute Gasteiger partial charge is 0.307 e. The lowest BCUT2D eigenvalue weighted by Crippen LogP contribution is -2.29. The third-order valence-electron chi connectivity index (χ3n) is 3.30. The molecule has 0 bridgehead atoms. The molecule has 1 aromatic heterocycles. The van der Waals surface area contributed by atoms with Crippen molar-refractivity contribution in [2.45, 2.75) is 57.5 Å². The number of hydrogen-bond acceptors (Lipinski definition) is 3. The van der Waals surface area contributed by atoms with Crippen LogP contribution in [0.15, 0.2) is 6.33 Å². The van der Waals surface area contributed by atoms with Crippen LogP contribution in [0, 0.1) is 0 Å². The minimum atomic E-state index is 0.670. The SMILES string of the molecule is Cn1cnc(CNC2CCCCCCC2)n1. The van der Waals surface area contributed by atoms with Gasteiger partial charge in [-0.25, -0.2) is 4.98 Å². The number of aryl methyl sites for hydroxylation is 1. The molecule has 0 amide bonds. The van der Waals surface area contributed by atoms with Crippen molar-refractivity contribution in [1.82, 2.24) is 20.1 Å². The van der Waals surface area contributed by atoms with Crippen LogP contribution in [0.1, 0.15) is 50.8 Å². The van der Waals surface area contributed by atoms with Gasteiger partial charge in [0, 0.05) is 13.1 Å². The second-order valence-corrected chi connectivity index (χ2v) is 4.76. The van der Waals surface area contributed by atoms with Gasteiger partial charge in [-0.3, -0.25) is 4.68 Å². The van der Waals surface area contributed by atoms with E-state index in [1.807, 2.05) is 7.05 Å². The Morgan fingerprint density at radius 2 is 1.94 bits per heavy atom. The van der Waals surface area contributed by atoms with E-state index in [-0.39, 0.29) is 0 Å². The number of nitrogens with zero attached hydrogens (tertiary/aromatic N) is 3. The van der Waals surface area contributed by atoms with E-state index >= 15 is 0 Å². The predicted octanol–water partition coefficient (Wildman–Crippen LogP) is 2.02. The van der Waals surface area contributed by atoms with E-state index in [2.05, 4.69) is 15.4 Å². The average Bonchev–Trinajstić information content (AvgIpc) is 2.63. The van der Waals surface area contributed by atoms with Gasteiger partial charge in [0.1, 0.15) is 6.33 Å². The molecule has 1 aromatic rings. The molecule has 4 heteroatoms. The highest BCUT2D eigenvalue weighted by Gasteiger charge is 2.11. The molecule has 1 aliphatic rings. The standard InChI is InChI=1S/C12H22N4/c1-16-10-14-12(15-16)9-13-11-7-5-3-2-4-6-8-11/h10-11,13H,2-9H2,1H3. The first-order chi connectivity index (χ1) is 7.84. The third-order valence-corrected chi connectivity index (χ3v) is 3.30. The predicted molar refractivity (Wildman–Crippen MR) is 63.9 cm³/mol. The summed E-state index contributed by atoms with van der Waals surface area (Å²) >= 11 is 0. The molecule has 4 nitrogen and oxygen atoms in total. The van der Waals surface area contributed by atoms with Crippen LogP contribution in [0.25, 0.3) is 0 Å². The average molecular weight is 222 g/mol. The number of aromatic nitrogens is 3. The molecule has 1 heterocycles. The highest BCUT2D eigenvalue weighted by atomic mass is 15.3. The first-order valence-electron chi connectivity index (χ1n) is 6.42. The molecule has 2 rings (SSSR count). The quantitative estimate of drug-likeness (QED) is 0.850. The van der Waals surface area contributed by atoms with Gasteiger partial charge >= 0.3 is 0 Å². The van der Waals surface area contributed by atoms with Crippen molar-refractivity contribution >= 4 is 0 Å². The molecular formula is C12H22N4. The van der Waals surface area contributed by atoms with Crippen molar-refractivity contribution in [3.05, 3.63) is 12.2 Å². The molecule has 90 valence electrons. The monoisotopic (exact) mass is 222 g/mol. The minimum absolute atomic E-state index is 0.670. The van der Waals surface area contributed by atoms with E-state index in [0.29, 0.717) is 6.04 Å². The van der Waals surface area contributed by atoms with Crippen LogP contribution in [-0.2, 0) is 13.6 Å². The van der Waals surface area contributed by atoms with Gasteiger partial charge in [-0.05, 0) is 12.8 Å². The van der Waals surface area contributed by atoms with E-state index in [9.17, 15) is 0 Å². The van der Waals surface area contributed by atoms with Gasteiger partial charge < -0.3 is 5.32 Å². The Balaban J connectivity index is 1.75. The topological polar surface area (TPSA) is 42.7 Å². The summed E-state index contributed by atoms with van der Waals surface area (Å²) < 4.78 is 1.76. The first-order valence-corrected chi connectivity index (χ1v) is 6.42. The maximum atomic E-state index is 4.28. The van der Waals surface area contributed by atoms with Gasteiger partial charge in [-0.1, -0.05) is 32.1 Å². The Hall–Kier alpha value is -0.900. The van der Waals surface area contributed by atoms with Crippen LogP contribution in [0.3, 0.4) is 0 Å². The molecule has 0 radical (unpaired) electrons. The summed E-state index contributed by atoms with van der Waals surface area (Å²) in [5, 5.41) is 7.86. The van der Waals surface area contributed by atoms with Gasteiger partial charge in [-0.2, -0.15) is 5.10 Å². The van der Waals surface area contributed by atoms with E-state index in [1.54, 1.807) is 11.0 Å². The Bertz CT molecular complexity index is 300. The molecule has 0 saturated heterocycles. The van der Waals surface area contributed by atoms with Gasteiger partial charge in [0.05, 0.1) is 6.54 Å². The Morgan fingerprint density at radius 1 is 1.25 bits per heavy atom. The molecule has 0 spiro atoms. The zero-order chi connectivity index (χ0) is 11.2. The van der Waals surface area contributed by atoms with Crippen molar-refractivity contribution in [2.24, 2.45) is 7.05 Å². The van der Waals surface area contributed by atoms with Crippen molar-refractivity contribution in [3.8, 4) is 0 Å². The van der Waals surface area contributed by atoms with Crippen molar-refractivity contribution in [1.29, 1.82) is 0 Å². The zero-order valence-corrected chi connectivity index (χ0v) is 10.2. The first kappa shape index (κ1) is 11.6. The fraction of sp³-hybridized carbons (Fsp3) is 0.833. The van der Waals surface area contributed by atoms with E-state index < -0.39 is 0 Å². The molecule has 1 fully saturated rings. The Kier molecular flexibility index (Phi) is 4.34. The van der Waals surface area contributed by atoms with Gasteiger partial charge in [0.2, 0.25) is 0 Å². The highest BCUT2D eigenvalue weighted by Crippen LogP contribution is 2.17. The summed E-state index contributed by atoms with van der Waals surface area (Å²) in [5.74, 6) is 0.907. The lowest BCUT2D eigenvalue weighted by molar-refractivity contribution is 0.385. The van der Waals surface area contributed by atoms with Crippen molar-refractivity contribution < 1.29 is 0 Å². The summed E-state index contributed by atoms with van der Waals surface area (Å²) in [5.41, 5.74) is 0. The molecule has 0 atom stereocenters. The molecule has 16 heavy (non-hydrogen) atoms. The van der Waals surface area contributed by atoms with Crippen LogP contribution >= 0.6 is 0 Å². The van der Waals surface area contributed by atoms with Crippen molar-refractivity contribution in [3.63, 3.8) is 0 Å². The lowest BCUT2D eigenvalue weighted by atomic mass is 9.97. The maximum absolute atomic E-state index is 4.28. The summed E-state index contributed by atoms with van der Waals surface area (Å²) in [6, 6.07) is 0.670. The lowest BCUT2D eigenvalue weighted by Gasteiger charge is -2.20. The van der Waals surface area contributed by atoms with E-state index in [4.69, 9.17) is 0 Å². The highest BCUT2D eigenvalue weighted by molar-refractivity contribution is 4.82. The minimum Gasteiger partial charge on any atom is -0.307 e. The number of hydrogen-bond donors (Lipinski definition) is 1. The number of rotatable bonds is 3. The van der Waals surface area contributed by atoms with Crippen LogP contribution < -0.4 is 5.32 Å².